The van der Waals surface area contributed by atoms with Crippen molar-refractivity contribution in [1.82, 2.24) is 5.32 Å². The van der Waals surface area contributed by atoms with E-state index in [2.05, 4.69) is 31.3 Å². The van der Waals surface area contributed by atoms with E-state index < -0.39 is 0 Å². The van der Waals surface area contributed by atoms with Crippen LogP contribution in [0.4, 0.5) is 0 Å². The zero-order valence-corrected chi connectivity index (χ0v) is 12.2. The summed E-state index contributed by atoms with van der Waals surface area (Å²) >= 11 is 0. The van der Waals surface area contributed by atoms with E-state index in [9.17, 15) is 4.79 Å². The van der Waals surface area contributed by atoms with Crippen molar-refractivity contribution in [2.75, 3.05) is 13.7 Å². The standard InChI is InChI=1S/C14H21NO2.ClH/c1-5-15-13(14(16)17-4)12-8-6-11(7-9-12)10(2)3;/h6-10,13,15H,5H2,1-4H3;1H. The van der Waals surface area contributed by atoms with Gasteiger partial charge in [0.05, 0.1) is 7.11 Å². The molecule has 0 saturated carbocycles. The van der Waals surface area contributed by atoms with Crippen molar-refractivity contribution in [3.63, 3.8) is 0 Å². The molecule has 0 radical (unpaired) electrons. The van der Waals surface area contributed by atoms with E-state index >= 15 is 0 Å². The first kappa shape index (κ1) is 16.9. The van der Waals surface area contributed by atoms with Crippen molar-refractivity contribution in [2.45, 2.75) is 32.7 Å². The summed E-state index contributed by atoms with van der Waals surface area (Å²) < 4.78 is 4.80. The predicted octanol–water partition coefficient (Wildman–Crippen LogP) is 3.06. The average molecular weight is 272 g/mol. The number of ether oxygens (including phenoxy) is 1. The van der Waals surface area contributed by atoms with Gasteiger partial charge in [0, 0.05) is 0 Å². The van der Waals surface area contributed by atoms with Gasteiger partial charge in [0.1, 0.15) is 6.04 Å². The number of esters is 1. The molecule has 1 unspecified atom stereocenters. The van der Waals surface area contributed by atoms with Crippen molar-refractivity contribution >= 4 is 18.4 Å². The van der Waals surface area contributed by atoms with Gasteiger partial charge in [0.2, 0.25) is 0 Å². The highest BCUT2D eigenvalue weighted by molar-refractivity contribution is 5.85. The molecule has 0 aromatic heterocycles. The summed E-state index contributed by atoms with van der Waals surface area (Å²) in [6, 6.07) is 7.73. The van der Waals surface area contributed by atoms with Crippen molar-refractivity contribution in [3.05, 3.63) is 35.4 Å². The minimum Gasteiger partial charge on any atom is -0.468 e. The fourth-order valence-corrected chi connectivity index (χ4v) is 1.73. The summed E-state index contributed by atoms with van der Waals surface area (Å²) in [4.78, 5) is 11.6. The second-order valence-corrected chi connectivity index (χ2v) is 4.34. The van der Waals surface area contributed by atoms with E-state index in [1.807, 2.05) is 19.1 Å². The Morgan fingerprint density at radius 2 is 1.72 bits per heavy atom. The topological polar surface area (TPSA) is 38.3 Å². The Morgan fingerprint density at radius 1 is 1.22 bits per heavy atom. The first-order chi connectivity index (χ1) is 8.10. The average Bonchev–Trinajstić information content (AvgIpc) is 2.35. The monoisotopic (exact) mass is 271 g/mol. The third kappa shape index (κ3) is 4.31. The molecule has 0 spiro atoms. The molecule has 1 aromatic carbocycles. The summed E-state index contributed by atoms with van der Waals surface area (Å²) in [5.41, 5.74) is 2.22. The third-order valence-corrected chi connectivity index (χ3v) is 2.78. The van der Waals surface area contributed by atoms with E-state index in [1.165, 1.54) is 12.7 Å². The van der Waals surface area contributed by atoms with Gasteiger partial charge in [0.25, 0.3) is 0 Å². The van der Waals surface area contributed by atoms with Gasteiger partial charge in [-0.2, -0.15) is 0 Å². The van der Waals surface area contributed by atoms with Crippen LogP contribution in [0.3, 0.4) is 0 Å². The summed E-state index contributed by atoms with van der Waals surface area (Å²) in [7, 11) is 1.41. The van der Waals surface area contributed by atoms with E-state index in [0.29, 0.717) is 5.92 Å². The fourth-order valence-electron chi connectivity index (χ4n) is 1.73. The lowest BCUT2D eigenvalue weighted by Crippen LogP contribution is -2.29. The molecule has 1 rings (SSSR count). The molecular formula is C14H22ClNO2. The van der Waals surface area contributed by atoms with Gasteiger partial charge < -0.3 is 10.1 Å². The molecule has 1 atom stereocenters. The molecule has 1 N–H and O–H groups in total. The molecule has 18 heavy (non-hydrogen) atoms. The third-order valence-electron chi connectivity index (χ3n) is 2.78. The van der Waals surface area contributed by atoms with Crippen LogP contribution in [0.15, 0.2) is 24.3 Å². The summed E-state index contributed by atoms with van der Waals surface area (Å²) in [6.07, 6.45) is 0. The maximum absolute atomic E-state index is 11.6. The van der Waals surface area contributed by atoms with Crippen LogP contribution >= 0.6 is 12.4 Å². The minimum absolute atomic E-state index is 0. The Labute approximate surface area is 115 Å². The van der Waals surface area contributed by atoms with E-state index in [0.717, 1.165) is 12.1 Å². The van der Waals surface area contributed by atoms with E-state index in [1.54, 1.807) is 0 Å². The molecule has 0 heterocycles. The normalized spacial score (nSPS) is 11.8. The highest BCUT2D eigenvalue weighted by Gasteiger charge is 2.19. The quantitative estimate of drug-likeness (QED) is 0.837. The zero-order valence-electron chi connectivity index (χ0n) is 11.4. The molecule has 0 aliphatic rings. The maximum Gasteiger partial charge on any atom is 0.327 e. The molecule has 0 bridgehead atoms. The van der Waals surface area contributed by atoms with Crippen LogP contribution in [0, 0.1) is 0 Å². The van der Waals surface area contributed by atoms with Gasteiger partial charge in [-0.15, -0.1) is 12.4 Å². The van der Waals surface area contributed by atoms with Crippen molar-refractivity contribution < 1.29 is 9.53 Å². The second-order valence-electron chi connectivity index (χ2n) is 4.34. The number of benzene rings is 1. The molecule has 3 nitrogen and oxygen atoms in total. The Bertz CT molecular complexity index is 363. The van der Waals surface area contributed by atoms with E-state index in [-0.39, 0.29) is 24.4 Å². The highest BCUT2D eigenvalue weighted by Crippen LogP contribution is 2.19. The Morgan fingerprint density at radius 3 is 2.11 bits per heavy atom. The van der Waals surface area contributed by atoms with Crippen LogP contribution in [-0.4, -0.2) is 19.6 Å². The van der Waals surface area contributed by atoms with Crippen LogP contribution in [0.2, 0.25) is 0 Å². The number of methoxy groups -OCH3 is 1. The smallest absolute Gasteiger partial charge is 0.327 e. The van der Waals surface area contributed by atoms with Gasteiger partial charge in [-0.3, -0.25) is 0 Å². The molecular weight excluding hydrogens is 250 g/mol. The molecule has 0 aliphatic heterocycles. The Balaban J connectivity index is 0.00000289. The van der Waals surface area contributed by atoms with Crippen LogP contribution < -0.4 is 5.32 Å². The van der Waals surface area contributed by atoms with Crippen LogP contribution in [0.25, 0.3) is 0 Å². The Kier molecular flexibility index (Phi) is 7.64. The number of hydrogen-bond donors (Lipinski definition) is 1. The van der Waals surface area contributed by atoms with Gasteiger partial charge in [-0.25, -0.2) is 4.79 Å². The number of nitrogens with one attached hydrogen (secondary N) is 1. The second kappa shape index (κ2) is 8.11. The Hall–Kier alpha value is -1.06. The summed E-state index contributed by atoms with van der Waals surface area (Å²) in [6.45, 7) is 7.00. The molecule has 0 aliphatic carbocycles. The molecule has 0 fully saturated rings. The van der Waals surface area contributed by atoms with Gasteiger partial charge >= 0.3 is 5.97 Å². The van der Waals surface area contributed by atoms with Gasteiger partial charge in [-0.05, 0) is 23.6 Å². The van der Waals surface area contributed by atoms with Crippen LogP contribution in [0.1, 0.15) is 43.9 Å². The largest absolute Gasteiger partial charge is 0.468 e. The molecule has 0 saturated heterocycles. The zero-order chi connectivity index (χ0) is 12.8. The summed E-state index contributed by atoms with van der Waals surface area (Å²) in [5, 5.41) is 3.12. The van der Waals surface area contributed by atoms with Crippen LogP contribution in [0.5, 0.6) is 0 Å². The maximum atomic E-state index is 11.6. The van der Waals surface area contributed by atoms with Crippen LogP contribution in [-0.2, 0) is 9.53 Å². The number of likely N-dealkylation sites (N-methyl/N-ethyl adjacent to an activating group) is 1. The number of halogens is 1. The van der Waals surface area contributed by atoms with E-state index in [4.69, 9.17) is 4.74 Å². The van der Waals surface area contributed by atoms with Gasteiger partial charge in [0.15, 0.2) is 0 Å². The number of hydrogen-bond acceptors (Lipinski definition) is 3. The number of rotatable bonds is 5. The fraction of sp³-hybridized carbons (Fsp3) is 0.500. The molecule has 1 aromatic rings. The lowest BCUT2D eigenvalue weighted by atomic mass is 9.99. The first-order valence-electron chi connectivity index (χ1n) is 6.01. The van der Waals surface area contributed by atoms with Gasteiger partial charge in [-0.1, -0.05) is 45.0 Å². The number of carbonyl (C=O) groups is 1. The molecule has 0 amide bonds. The predicted molar refractivity (Wildman–Crippen MR) is 76.2 cm³/mol. The van der Waals surface area contributed by atoms with Crippen molar-refractivity contribution in [2.24, 2.45) is 0 Å². The SMILES string of the molecule is CCNC(C(=O)OC)c1ccc(C(C)C)cc1.Cl. The van der Waals surface area contributed by atoms with Crippen molar-refractivity contribution in [1.29, 1.82) is 0 Å². The highest BCUT2D eigenvalue weighted by atomic mass is 35.5. The molecule has 4 heteroatoms. The van der Waals surface area contributed by atoms with Crippen molar-refractivity contribution in [3.8, 4) is 0 Å². The molecule has 102 valence electrons. The number of carbonyl (C=O) groups excluding carboxylic acids is 1. The first-order valence-corrected chi connectivity index (χ1v) is 6.01. The minimum atomic E-state index is -0.369. The lowest BCUT2D eigenvalue weighted by molar-refractivity contribution is -0.143. The summed E-state index contributed by atoms with van der Waals surface area (Å²) in [5.74, 6) is 0.254. The lowest BCUT2D eigenvalue weighted by Gasteiger charge is -2.16.